The van der Waals surface area contributed by atoms with Gasteiger partial charge in [-0.15, -0.1) is 0 Å². The molecule has 0 radical (unpaired) electrons. The summed E-state index contributed by atoms with van der Waals surface area (Å²) in [6, 6.07) is 5.39. The first-order valence-electron chi connectivity index (χ1n) is 5.63. The van der Waals surface area contributed by atoms with Crippen molar-refractivity contribution in [1.29, 1.82) is 0 Å². The summed E-state index contributed by atoms with van der Waals surface area (Å²) in [4.78, 5) is 13.0. The third-order valence-corrected chi connectivity index (χ3v) is 3.76. The summed E-state index contributed by atoms with van der Waals surface area (Å²) < 4.78 is 0. The predicted octanol–water partition coefficient (Wildman–Crippen LogP) is 2.02. The largest absolute Gasteiger partial charge is 0.366 e. The Balaban J connectivity index is 2.21. The molecule has 0 saturated carbocycles. The van der Waals surface area contributed by atoms with Gasteiger partial charge in [-0.1, -0.05) is 35.3 Å². The third kappa shape index (κ3) is 2.92. The van der Waals surface area contributed by atoms with Crippen molar-refractivity contribution >= 4 is 29.1 Å². The lowest BCUT2D eigenvalue weighted by atomic mass is 10.1. The zero-order valence-corrected chi connectivity index (χ0v) is 11.5. The second-order valence-electron chi connectivity index (χ2n) is 4.16. The smallest absolute Gasteiger partial charge is 0.248 e. The van der Waals surface area contributed by atoms with Gasteiger partial charge in [0.2, 0.25) is 5.91 Å². The number of primary amides is 1. The third-order valence-electron chi connectivity index (χ3n) is 2.90. The van der Waals surface area contributed by atoms with Gasteiger partial charge in [0, 0.05) is 12.7 Å². The summed E-state index contributed by atoms with van der Waals surface area (Å²) in [7, 11) is 0. The van der Waals surface area contributed by atoms with Gasteiger partial charge in [0.25, 0.3) is 0 Å². The minimum Gasteiger partial charge on any atom is -0.366 e. The SMILES string of the molecule is NC(=O)C1=CC=CN(Cc2cccc(Cl)c2Cl)C1N. The quantitative estimate of drug-likeness (QED) is 0.896. The standard InChI is InChI=1S/C13H13Cl2N3O/c14-10-5-1-3-8(11(10)15)7-18-6-2-4-9(12(18)16)13(17)19/h1-6,12H,7,16H2,(H2,17,19). The summed E-state index contributed by atoms with van der Waals surface area (Å²) >= 11 is 12.1. The van der Waals surface area contributed by atoms with Crippen molar-refractivity contribution in [2.24, 2.45) is 11.5 Å². The van der Waals surface area contributed by atoms with Crippen LogP contribution < -0.4 is 11.5 Å². The molecular formula is C13H13Cl2N3O. The molecule has 1 atom stereocenters. The predicted molar refractivity (Wildman–Crippen MR) is 76.4 cm³/mol. The number of nitrogens with zero attached hydrogens (tertiary/aromatic N) is 1. The zero-order valence-electron chi connectivity index (χ0n) is 10.0. The molecule has 0 fully saturated rings. The van der Waals surface area contributed by atoms with Gasteiger partial charge in [-0.05, 0) is 23.8 Å². The number of carbonyl (C=O) groups excluding carboxylic acids is 1. The Hall–Kier alpha value is -1.49. The minimum absolute atomic E-state index is 0.362. The molecule has 0 aromatic heterocycles. The molecule has 6 heteroatoms. The van der Waals surface area contributed by atoms with Gasteiger partial charge in [0.15, 0.2) is 0 Å². The van der Waals surface area contributed by atoms with E-state index in [1.807, 2.05) is 12.1 Å². The number of allylic oxidation sites excluding steroid dienone is 2. The highest BCUT2D eigenvalue weighted by atomic mass is 35.5. The Morgan fingerprint density at radius 3 is 2.79 bits per heavy atom. The van der Waals surface area contributed by atoms with Crippen LogP contribution >= 0.6 is 23.2 Å². The molecule has 19 heavy (non-hydrogen) atoms. The number of nitrogens with two attached hydrogens (primary N) is 2. The monoisotopic (exact) mass is 297 g/mol. The summed E-state index contributed by atoms with van der Waals surface area (Å²) in [5, 5.41) is 0.972. The Bertz CT molecular complexity index is 569. The Morgan fingerprint density at radius 1 is 1.37 bits per heavy atom. The van der Waals surface area contributed by atoms with Gasteiger partial charge in [-0.25, -0.2) is 0 Å². The Kier molecular flexibility index (Phi) is 4.14. The molecule has 1 heterocycles. The fraction of sp³-hybridized carbons (Fsp3) is 0.154. The molecular weight excluding hydrogens is 285 g/mol. The van der Waals surface area contributed by atoms with Crippen LogP contribution in [0, 0.1) is 0 Å². The number of amides is 1. The van der Waals surface area contributed by atoms with E-state index in [0.29, 0.717) is 22.2 Å². The molecule has 1 unspecified atom stereocenters. The van der Waals surface area contributed by atoms with Crippen molar-refractivity contribution < 1.29 is 4.79 Å². The molecule has 4 nitrogen and oxygen atoms in total. The van der Waals surface area contributed by atoms with Crippen molar-refractivity contribution in [3.05, 3.63) is 57.7 Å². The summed E-state index contributed by atoms with van der Waals surface area (Å²) in [5.74, 6) is -0.529. The molecule has 100 valence electrons. The lowest BCUT2D eigenvalue weighted by Crippen LogP contribution is -2.44. The van der Waals surface area contributed by atoms with E-state index in [4.69, 9.17) is 34.7 Å². The van der Waals surface area contributed by atoms with Crippen molar-refractivity contribution in [1.82, 2.24) is 4.90 Å². The van der Waals surface area contributed by atoms with Crippen LogP contribution in [-0.4, -0.2) is 17.0 Å². The van der Waals surface area contributed by atoms with E-state index >= 15 is 0 Å². The van der Waals surface area contributed by atoms with Gasteiger partial charge < -0.3 is 16.4 Å². The van der Waals surface area contributed by atoms with Gasteiger partial charge in [-0.3, -0.25) is 4.79 Å². The molecule has 0 bridgehead atoms. The second kappa shape index (κ2) is 5.65. The summed E-state index contributed by atoms with van der Waals surface area (Å²) in [6.45, 7) is 0.446. The summed E-state index contributed by atoms with van der Waals surface area (Å²) in [5.41, 5.74) is 12.5. The van der Waals surface area contributed by atoms with Gasteiger partial charge in [-0.2, -0.15) is 0 Å². The highest BCUT2D eigenvalue weighted by Crippen LogP contribution is 2.27. The highest BCUT2D eigenvalue weighted by molar-refractivity contribution is 6.42. The molecule has 0 saturated heterocycles. The maximum atomic E-state index is 11.3. The molecule has 4 N–H and O–H groups in total. The maximum absolute atomic E-state index is 11.3. The van der Waals surface area contributed by atoms with E-state index in [0.717, 1.165) is 5.56 Å². The normalized spacial score (nSPS) is 18.4. The first-order chi connectivity index (χ1) is 9.00. The fourth-order valence-electron chi connectivity index (χ4n) is 1.87. The van der Waals surface area contributed by atoms with E-state index in [1.165, 1.54) is 0 Å². The topological polar surface area (TPSA) is 72.4 Å². The minimum atomic E-state index is -0.586. The van der Waals surface area contributed by atoms with E-state index < -0.39 is 12.1 Å². The average molecular weight is 298 g/mol. The van der Waals surface area contributed by atoms with Crippen LogP contribution in [0.5, 0.6) is 0 Å². The number of rotatable bonds is 3. The van der Waals surface area contributed by atoms with Crippen LogP contribution in [-0.2, 0) is 11.3 Å². The van der Waals surface area contributed by atoms with E-state index in [2.05, 4.69) is 0 Å². The number of carbonyl (C=O) groups is 1. The van der Waals surface area contributed by atoms with Crippen molar-refractivity contribution in [3.63, 3.8) is 0 Å². The lowest BCUT2D eigenvalue weighted by Gasteiger charge is -2.30. The fourth-order valence-corrected chi connectivity index (χ4v) is 2.25. The average Bonchev–Trinajstić information content (AvgIpc) is 2.37. The van der Waals surface area contributed by atoms with Crippen LogP contribution in [0.15, 0.2) is 42.1 Å². The van der Waals surface area contributed by atoms with Gasteiger partial charge in [0.1, 0.15) is 6.17 Å². The van der Waals surface area contributed by atoms with Crippen LogP contribution in [0.3, 0.4) is 0 Å². The Morgan fingerprint density at radius 2 is 2.11 bits per heavy atom. The van der Waals surface area contributed by atoms with Gasteiger partial charge in [0.05, 0.1) is 15.6 Å². The number of hydrogen-bond acceptors (Lipinski definition) is 3. The first kappa shape index (κ1) is 13.9. The number of benzene rings is 1. The molecule has 0 spiro atoms. The molecule has 1 aliphatic heterocycles. The van der Waals surface area contributed by atoms with Crippen LogP contribution in [0.25, 0.3) is 0 Å². The zero-order chi connectivity index (χ0) is 14.0. The molecule has 0 aliphatic carbocycles. The van der Waals surface area contributed by atoms with Crippen LogP contribution in [0.1, 0.15) is 5.56 Å². The molecule has 1 aromatic rings. The second-order valence-corrected chi connectivity index (χ2v) is 4.94. The number of halogens is 2. The lowest BCUT2D eigenvalue weighted by molar-refractivity contribution is -0.115. The van der Waals surface area contributed by atoms with Crippen molar-refractivity contribution in [2.75, 3.05) is 0 Å². The van der Waals surface area contributed by atoms with E-state index in [9.17, 15) is 4.79 Å². The Labute approximate surface area is 121 Å². The molecule has 2 rings (SSSR count). The first-order valence-corrected chi connectivity index (χ1v) is 6.38. The highest BCUT2D eigenvalue weighted by Gasteiger charge is 2.22. The van der Waals surface area contributed by atoms with E-state index in [-0.39, 0.29) is 0 Å². The van der Waals surface area contributed by atoms with E-state index in [1.54, 1.807) is 29.3 Å². The van der Waals surface area contributed by atoms with Crippen LogP contribution in [0.4, 0.5) is 0 Å². The van der Waals surface area contributed by atoms with Crippen molar-refractivity contribution in [3.8, 4) is 0 Å². The van der Waals surface area contributed by atoms with Crippen molar-refractivity contribution in [2.45, 2.75) is 12.7 Å². The molecule has 1 amide bonds. The molecule has 1 aromatic carbocycles. The maximum Gasteiger partial charge on any atom is 0.248 e. The van der Waals surface area contributed by atoms with Crippen LogP contribution in [0.2, 0.25) is 10.0 Å². The molecule has 1 aliphatic rings. The summed E-state index contributed by atoms with van der Waals surface area (Å²) in [6.07, 6.45) is 4.54. The van der Waals surface area contributed by atoms with Gasteiger partial charge >= 0.3 is 0 Å². The number of hydrogen-bond donors (Lipinski definition) is 2.